The summed E-state index contributed by atoms with van der Waals surface area (Å²) in [5.74, 6) is 0.211. The van der Waals surface area contributed by atoms with Gasteiger partial charge in [-0.3, -0.25) is 0 Å². The minimum atomic E-state index is -0.489. The fraction of sp³-hybridized carbons (Fsp3) is 0.522. The highest BCUT2D eigenvalue weighted by Crippen LogP contribution is 2.35. The van der Waals surface area contributed by atoms with E-state index in [1.54, 1.807) is 27.0 Å². The van der Waals surface area contributed by atoms with Gasteiger partial charge in [-0.1, -0.05) is 37.3 Å². The molecule has 0 N–H and O–H groups in total. The van der Waals surface area contributed by atoms with Crippen molar-refractivity contribution in [3.05, 3.63) is 40.8 Å². The first-order chi connectivity index (χ1) is 14.6. The lowest BCUT2D eigenvalue weighted by molar-refractivity contribution is 0.0205. The van der Waals surface area contributed by atoms with E-state index in [1.807, 2.05) is 33.0 Å². The fourth-order valence-corrected chi connectivity index (χ4v) is 4.99. The van der Waals surface area contributed by atoms with Crippen molar-refractivity contribution < 1.29 is 13.9 Å². The second kappa shape index (κ2) is 8.22. The van der Waals surface area contributed by atoms with Crippen molar-refractivity contribution >= 4 is 28.3 Å². The maximum absolute atomic E-state index is 14.7. The number of para-hydroxylation sites is 1. The number of rotatable bonds is 3. The van der Waals surface area contributed by atoms with Crippen LogP contribution in [0.5, 0.6) is 0 Å². The molecule has 1 aliphatic rings. The number of fused-ring (bicyclic) bond motifs is 1. The van der Waals surface area contributed by atoms with Gasteiger partial charge in [0.2, 0.25) is 5.13 Å². The maximum Gasteiger partial charge on any atom is 0.410 e. The fourth-order valence-electron chi connectivity index (χ4n) is 3.95. The van der Waals surface area contributed by atoms with Gasteiger partial charge in [-0.25, -0.2) is 18.9 Å². The van der Waals surface area contributed by atoms with Crippen LogP contribution in [0.2, 0.25) is 0 Å². The van der Waals surface area contributed by atoms with Gasteiger partial charge >= 0.3 is 6.09 Å². The van der Waals surface area contributed by atoms with Crippen LogP contribution in [-0.4, -0.2) is 44.4 Å². The quantitative estimate of drug-likeness (QED) is 0.508. The Morgan fingerprint density at radius 3 is 2.61 bits per heavy atom. The molecule has 2 aromatic heterocycles. The summed E-state index contributed by atoms with van der Waals surface area (Å²) in [5, 5.41) is 6.21. The van der Waals surface area contributed by atoms with Gasteiger partial charge in [-0.15, -0.1) is 0 Å². The summed E-state index contributed by atoms with van der Waals surface area (Å²) in [6.07, 6.45) is 3.33. The number of ether oxygens (including phenoxy) is 1. The minimum absolute atomic E-state index is 0.183. The normalized spacial score (nSPS) is 15.8. The monoisotopic (exact) mass is 444 g/mol. The summed E-state index contributed by atoms with van der Waals surface area (Å²) in [6, 6.07) is 5.10. The molecule has 166 valence electrons. The molecule has 1 fully saturated rings. The molecule has 1 saturated heterocycles. The number of halogens is 1. The molecule has 31 heavy (non-hydrogen) atoms. The average Bonchev–Trinajstić information content (AvgIpc) is 3.32. The highest BCUT2D eigenvalue weighted by molar-refractivity contribution is 7.14. The van der Waals surface area contributed by atoms with Crippen LogP contribution in [0.15, 0.2) is 24.4 Å². The summed E-state index contributed by atoms with van der Waals surface area (Å²) in [7, 11) is 0. The number of amides is 1. The maximum atomic E-state index is 14.7. The number of hydrogen-bond acceptors (Lipinski definition) is 5. The second-order valence-corrected chi connectivity index (χ2v) is 10.4. The van der Waals surface area contributed by atoms with Crippen LogP contribution in [0, 0.1) is 5.82 Å². The van der Waals surface area contributed by atoms with Gasteiger partial charge in [0.1, 0.15) is 16.9 Å². The summed E-state index contributed by atoms with van der Waals surface area (Å²) < 4.78 is 21.8. The van der Waals surface area contributed by atoms with Crippen LogP contribution in [-0.2, 0) is 4.74 Å². The van der Waals surface area contributed by atoms with Crippen LogP contribution in [0.25, 0.3) is 16.0 Å². The zero-order valence-electron chi connectivity index (χ0n) is 18.7. The molecule has 1 aliphatic heterocycles. The number of nitrogens with zero attached hydrogens (tertiary/aromatic N) is 4. The summed E-state index contributed by atoms with van der Waals surface area (Å²) in [6.45, 7) is 11.1. The van der Waals surface area contributed by atoms with E-state index in [9.17, 15) is 9.18 Å². The van der Waals surface area contributed by atoms with Crippen molar-refractivity contribution in [1.82, 2.24) is 19.7 Å². The first kappa shape index (κ1) is 21.7. The SMILES string of the molecule is CC(C)c1nn(-c2ncc(C3CCN(C(=O)OC(C)(C)C)CC3)s2)c2c(F)cccc12. The second-order valence-electron chi connectivity index (χ2n) is 9.37. The number of benzene rings is 1. The molecular weight excluding hydrogens is 415 g/mol. The molecule has 3 heterocycles. The predicted molar refractivity (Wildman–Crippen MR) is 121 cm³/mol. The van der Waals surface area contributed by atoms with E-state index in [-0.39, 0.29) is 17.8 Å². The van der Waals surface area contributed by atoms with Gasteiger partial charge < -0.3 is 9.64 Å². The van der Waals surface area contributed by atoms with Gasteiger partial charge in [-0.05, 0) is 51.5 Å². The largest absolute Gasteiger partial charge is 0.444 e. The Bertz CT molecular complexity index is 1090. The van der Waals surface area contributed by atoms with Crippen LogP contribution in [0.3, 0.4) is 0 Å². The van der Waals surface area contributed by atoms with Crippen LogP contribution in [0.1, 0.15) is 69.9 Å². The molecule has 0 bridgehead atoms. The first-order valence-corrected chi connectivity index (χ1v) is 11.6. The number of piperidine rings is 1. The molecule has 0 atom stereocenters. The number of carbonyl (C=O) groups excluding carboxylic acids is 1. The smallest absolute Gasteiger partial charge is 0.410 e. The number of aromatic nitrogens is 3. The van der Waals surface area contributed by atoms with Crippen molar-refractivity contribution in [1.29, 1.82) is 0 Å². The van der Waals surface area contributed by atoms with Crippen LogP contribution < -0.4 is 0 Å². The first-order valence-electron chi connectivity index (χ1n) is 10.7. The summed E-state index contributed by atoms with van der Waals surface area (Å²) >= 11 is 1.55. The van der Waals surface area contributed by atoms with E-state index in [4.69, 9.17) is 9.84 Å². The Balaban J connectivity index is 1.53. The third kappa shape index (κ3) is 4.44. The summed E-state index contributed by atoms with van der Waals surface area (Å²) in [4.78, 5) is 19.8. The molecule has 1 amide bonds. The number of likely N-dealkylation sites (tertiary alicyclic amines) is 1. The molecule has 8 heteroatoms. The molecule has 0 spiro atoms. The van der Waals surface area contributed by atoms with Gasteiger partial charge in [0.25, 0.3) is 0 Å². The third-order valence-corrected chi connectivity index (χ3v) is 6.61. The van der Waals surface area contributed by atoms with Crippen molar-refractivity contribution in [3.63, 3.8) is 0 Å². The zero-order chi connectivity index (χ0) is 22.3. The lowest BCUT2D eigenvalue weighted by Crippen LogP contribution is -2.41. The lowest BCUT2D eigenvalue weighted by atomic mass is 9.96. The molecular formula is C23H29FN4O2S. The predicted octanol–water partition coefficient (Wildman–Crippen LogP) is 5.86. The van der Waals surface area contributed by atoms with E-state index in [0.717, 1.165) is 28.8 Å². The molecule has 0 aliphatic carbocycles. The van der Waals surface area contributed by atoms with Crippen molar-refractivity contribution in [2.75, 3.05) is 13.1 Å². The average molecular weight is 445 g/mol. The Labute approximate surface area is 186 Å². The van der Waals surface area contributed by atoms with Crippen molar-refractivity contribution in [2.24, 2.45) is 0 Å². The van der Waals surface area contributed by atoms with E-state index in [1.165, 1.54) is 6.07 Å². The van der Waals surface area contributed by atoms with E-state index >= 15 is 0 Å². The minimum Gasteiger partial charge on any atom is -0.444 e. The number of thiazole rings is 1. The van der Waals surface area contributed by atoms with Crippen LogP contribution >= 0.6 is 11.3 Å². The molecule has 0 unspecified atom stereocenters. The third-order valence-electron chi connectivity index (χ3n) is 5.47. The van der Waals surface area contributed by atoms with Gasteiger partial charge in [0.05, 0.1) is 5.69 Å². The number of carbonyl (C=O) groups is 1. The van der Waals surface area contributed by atoms with Crippen molar-refractivity contribution in [2.45, 2.75) is 64.9 Å². The Morgan fingerprint density at radius 1 is 1.26 bits per heavy atom. The highest BCUT2D eigenvalue weighted by atomic mass is 32.1. The Kier molecular flexibility index (Phi) is 5.77. The van der Waals surface area contributed by atoms with E-state index < -0.39 is 5.60 Å². The van der Waals surface area contributed by atoms with E-state index in [0.29, 0.717) is 29.7 Å². The molecule has 6 nitrogen and oxygen atoms in total. The van der Waals surface area contributed by atoms with Gasteiger partial charge in [-0.2, -0.15) is 5.10 Å². The van der Waals surface area contributed by atoms with Crippen molar-refractivity contribution in [3.8, 4) is 5.13 Å². The molecule has 0 radical (unpaired) electrons. The lowest BCUT2D eigenvalue weighted by Gasteiger charge is -2.33. The summed E-state index contributed by atoms with van der Waals surface area (Å²) in [5.41, 5.74) is 0.862. The van der Waals surface area contributed by atoms with E-state index in [2.05, 4.69) is 18.8 Å². The molecule has 1 aromatic carbocycles. The molecule has 3 aromatic rings. The zero-order valence-corrected chi connectivity index (χ0v) is 19.5. The van der Waals surface area contributed by atoms with Crippen LogP contribution in [0.4, 0.5) is 9.18 Å². The topological polar surface area (TPSA) is 60.2 Å². The van der Waals surface area contributed by atoms with Gasteiger partial charge in [0.15, 0.2) is 0 Å². The Hall–Kier alpha value is -2.48. The number of hydrogen-bond donors (Lipinski definition) is 0. The Morgan fingerprint density at radius 2 is 1.97 bits per heavy atom. The molecule has 4 rings (SSSR count). The molecule has 0 saturated carbocycles. The standard InChI is InChI=1S/C23H29FN4O2S/c1-14(2)19-16-7-6-8-17(24)20(16)28(26-19)21-25-13-18(31-21)15-9-11-27(12-10-15)22(29)30-23(3,4)5/h6-8,13-15H,9-12H2,1-5H3. The highest BCUT2D eigenvalue weighted by Gasteiger charge is 2.29. The van der Waals surface area contributed by atoms with Gasteiger partial charge in [0, 0.05) is 29.5 Å².